The summed E-state index contributed by atoms with van der Waals surface area (Å²) < 4.78 is 0. The fraction of sp³-hybridized carbons (Fsp3) is 0.364. The van der Waals surface area contributed by atoms with Crippen molar-refractivity contribution in [1.29, 1.82) is 0 Å². The van der Waals surface area contributed by atoms with Crippen molar-refractivity contribution in [2.75, 3.05) is 29.9 Å². The lowest BCUT2D eigenvalue weighted by molar-refractivity contribution is -0.114. The number of aliphatic imine (C=N–C) groups is 1. The molecule has 0 spiro atoms. The van der Waals surface area contributed by atoms with E-state index in [1.165, 1.54) is 12.6 Å². The molecule has 1 unspecified atom stereocenters. The molecule has 1 saturated heterocycles. The number of hydrogen-bond acceptors (Lipinski definition) is 3. The molecule has 0 saturated carbocycles. The zero-order valence-corrected chi connectivity index (χ0v) is 16.6. The Hall–Kier alpha value is -3.02. The van der Waals surface area contributed by atoms with Crippen molar-refractivity contribution in [1.82, 2.24) is 10.6 Å². The molecule has 6 heteroatoms. The summed E-state index contributed by atoms with van der Waals surface area (Å²) in [5.41, 5.74) is 3.12. The third-order valence-corrected chi connectivity index (χ3v) is 4.66. The van der Waals surface area contributed by atoms with E-state index in [0.29, 0.717) is 12.6 Å². The van der Waals surface area contributed by atoms with Crippen molar-refractivity contribution in [2.24, 2.45) is 4.99 Å². The summed E-state index contributed by atoms with van der Waals surface area (Å²) in [6.07, 6.45) is 1.08. The lowest BCUT2D eigenvalue weighted by Crippen LogP contribution is -2.44. The Labute approximate surface area is 167 Å². The van der Waals surface area contributed by atoms with Crippen LogP contribution in [0.15, 0.2) is 59.6 Å². The second-order valence-corrected chi connectivity index (χ2v) is 6.99. The smallest absolute Gasteiger partial charge is 0.221 e. The van der Waals surface area contributed by atoms with Crippen LogP contribution in [-0.4, -0.2) is 37.5 Å². The summed E-state index contributed by atoms with van der Waals surface area (Å²) in [6, 6.07) is 18.7. The van der Waals surface area contributed by atoms with Gasteiger partial charge in [0.05, 0.1) is 6.54 Å². The standard InChI is InChI=1S/C22H29N5O/c1-3-23-22(24-15-18-8-7-9-19(14-18)25-17(2)28)26-20-12-13-27(16-20)21-10-5-4-6-11-21/h4-11,14,20H,3,12-13,15-16H2,1-2H3,(H,25,28)(H2,23,24,26). The molecule has 3 rings (SSSR count). The van der Waals surface area contributed by atoms with Crippen LogP contribution in [0.5, 0.6) is 0 Å². The minimum absolute atomic E-state index is 0.0696. The molecule has 148 valence electrons. The molecular formula is C22H29N5O. The molecule has 2 aromatic carbocycles. The molecule has 2 aromatic rings. The van der Waals surface area contributed by atoms with Crippen LogP contribution in [-0.2, 0) is 11.3 Å². The van der Waals surface area contributed by atoms with Gasteiger partial charge >= 0.3 is 0 Å². The van der Waals surface area contributed by atoms with E-state index in [9.17, 15) is 4.79 Å². The van der Waals surface area contributed by atoms with Crippen molar-refractivity contribution >= 4 is 23.2 Å². The number of rotatable bonds is 6. The topological polar surface area (TPSA) is 68.8 Å². The summed E-state index contributed by atoms with van der Waals surface area (Å²) in [5, 5.41) is 9.71. The monoisotopic (exact) mass is 379 g/mol. The van der Waals surface area contributed by atoms with Crippen molar-refractivity contribution in [3.8, 4) is 0 Å². The quantitative estimate of drug-likeness (QED) is 0.533. The van der Waals surface area contributed by atoms with Gasteiger partial charge in [-0.1, -0.05) is 30.3 Å². The number of para-hydroxylation sites is 1. The molecule has 28 heavy (non-hydrogen) atoms. The molecule has 3 N–H and O–H groups in total. The van der Waals surface area contributed by atoms with Crippen molar-refractivity contribution in [2.45, 2.75) is 32.9 Å². The first-order valence-electron chi connectivity index (χ1n) is 9.85. The van der Waals surface area contributed by atoms with Gasteiger partial charge in [0, 0.05) is 44.0 Å². The fourth-order valence-corrected chi connectivity index (χ4v) is 3.39. The average Bonchev–Trinajstić information content (AvgIpc) is 3.15. The molecule has 1 heterocycles. The van der Waals surface area contributed by atoms with E-state index >= 15 is 0 Å². The Morgan fingerprint density at radius 2 is 2.00 bits per heavy atom. The predicted molar refractivity (Wildman–Crippen MR) is 116 cm³/mol. The summed E-state index contributed by atoms with van der Waals surface area (Å²) in [5.74, 6) is 0.757. The number of guanidine groups is 1. The second kappa shape index (κ2) is 9.78. The Balaban J connectivity index is 1.60. The Morgan fingerprint density at radius 3 is 2.75 bits per heavy atom. The maximum atomic E-state index is 11.2. The zero-order chi connectivity index (χ0) is 19.8. The fourth-order valence-electron chi connectivity index (χ4n) is 3.39. The normalized spacial score (nSPS) is 16.7. The number of carbonyl (C=O) groups is 1. The lowest BCUT2D eigenvalue weighted by Gasteiger charge is -2.20. The SMILES string of the molecule is CCNC(=NCc1cccc(NC(C)=O)c1)NC1CCN(c2ccccc2)C1. The lowest BCUT2D eigenvalue weighted by atomic mass is 10.2. The van der Waals surface area contributed by atoms with E-state index in [1.807, 2.05) is 30.3 Å². The van der Waals surface area contributed by atoms with Gasteiger partial charge in [-0.3, -0.25) is 4.79 Å². The first-order valence-corrected chi connectivity index (χ1v) is 9.85. The van der Waals surface area contributed by atoms with E-state index in [0.717, 1.165) is 43.3 Å². The van der Waals surface area contributed by atoms with Crippen LogP contribution in [0.25, 0.3) is 0 Å². The minimum Gasteiger partial charge on any atom is -0.369 e. The van der Waals surface area contributed by atoms with Gasteiger partial charge in [-0.25, -0.2) is 4.99 Å². The van der Waals surface area contributed by atoms with Crippen molar-refractivity contribution < 1.29 is 4.79 Å². The van der Waals surface area contributed by atoms with E-state index < -0.39 is 0 Å². The number of hydrogen-bond donors (Lipinski definition) is 3. The number of amides is 1. The molecule has 0 aliphatic carbocycles. The van der Waals surface area contributed by atoms with Gasteiger partial charge in [0.2, 0.25) is 5.91 Å². The van der Waals surface area contributed by atoms with Crippen LogP contribution in [0.1, 0.15) is 25.8 Å². The molecule has 1 amide bonds. The molecule has 1 aliphatic rings. The largest absolute Gasteiger partial charge is 0.369 e. The highest BCUT2D eigenvalue weighted by Gasteiger charge is 2.23. The second-order valence-electron chi connectivity index (χ2n) is 6.99. The molecular weight excluding hydrogens is 350 g/mol. The van der Waals surface area contributed by atoms with E-state index in [1.54, 1.807) is 0 Å². The zero-order valence-electron chi connectivity index (χ0n) is 16.6. The summed E-state index contributed by atoms with van der Waals surface area (Å²) in [4.78, 5) is 18.4. The summed E-state index contributed by atoms with van der Waals surface area (Å²) >= 11 is 0. The van der Waals surface area contributed by atoms with Gasteiger partial charge in [0.25, 0.3) is 0 Å². The molecule has 6 nitrogen and oxygen atoms in total. The molecule has 1 fully saturated rings. The minimum atomic E-state index is -0.0696. The Kier molecular flexibility index (Phi) is 6.89. The Morgan fingerprint density at radius 1 is 1.18 bits per heavy atom. The molecule has 0 bridgehead atoms. The van der Waals surface area contributed by atoms with Gasteiger partial charge in [-0.2, -0.15) is 0 Å². The molecule has 0 radical (unpaired) electrons. The molecule has 1 atom stereocenters. The van der Waals surface area contributed by atoms with Crippen molar-refractivity contribution in [3.05, 3.63) is 60.2 Å². The highest BCUT2D eigenvalue weighted by molar-refractivity contribution is 5.88. The number of anilines is 2. The number of nitrogens with one attached hydrogen (secondary N) is 3. The molecule has 1 aliphatic heterocycles. The van der Waals surface area contributed by atoms with Crippen LogP contribution in [0, 0.1) is 0 Å². The number of carbonyl (C=O) groups excluding carboxylic acids is 1. The maximum absolute atomic E-state index is 11.2. The third-order valence-electron chi connectivity index (χ3n) is 4.66. The first kappa shape index (κ1) is 19.7. The van der Waals surface area contributed by atoms with E-state index in [4.69, 9.17) is 4.99 Å². The van der Waals surface area contributed by atoms with Gasteiger partial charge in [-0.15, -0.1) is 0 Å². The maximum Gasteiger partial charge on any atom is 0.221 e. The van der Waals surface area contributed by atoms with Crippen LogP contribution < -0.4 is 20.9 Å². The third kappa shape index (κ3) is 5.74. The van der Waals surface area contributed by atoms with Gasteiger partial charge in [-0.05, 0) is 43.2 Å². The van der Waals surface area contributed by atoms with Gasteiger partial charge < -0.3 is 20.9 Å². The van der Waals surface area contributed by atoms with Crippen molar-refractivity contribution in [3.63, 3.8) is 0 Å². The van der Waals surface area contributed by atoms with E-state index in [2.05, 4.69) is 52.0 Å². The van der Waals surface area contributed by atoms with Crippen LogP contribution in [0.3, 0.4) is 0 Å². The average molecular weight is 380 g/mol. The van der Waals surface area contributed by atoms with Gasteiger partial charge in [0.15, 0.2) is 5.96 Å². The highest BCUT2D eigenvalue weighted by atomic mass is 16.1. The van der Waals surface area contributed by atoms with Crippen LogP contribution in [0.2, 0.25) is 0 Å². The number of nitrogens with zero attached hydrogens (tertiary/aromatic N) is 2. The summed E-state index contributed by atoms with van der Waals surface area (Å²) in [7, 11) is 0. The van der Waals surface area contributed by atoms with E-state index in [-0.39, 0.29) is 5.91 Å². The Bertz CT molecular complexity index is 806. The predicted octanol–water partition coefficient (Wildman–Crippen LogP) is 2.98. The molecule has 0 aromatic heterocycles. The van der Waals surface area contributed by atoms with Crippen LogP contribution >= 0.6 is 0 Å². The highest BCUT2D eigenvalue weighted by Crippen LogP contribution is 2.19. The van der Waals surface area contributed by atoms with Crippen LogP contribution in [0.4, 0.5) is 11.4 Å². The first-order chi connectivity index (χ1) is 13.6. The number of benzene rings is 2. The van der Waals surface area contributed by atoms with Gasteiger partial charge in [0.1, 0.15) is 0 Å². The summed E-state index contributed by atoms with van der Waals surface area (Å²) in [6.45, 7) is 6.95.